The minimum atomic E-state index is 0.0112. The van der Waals surface area contributed by atoms with Gasteiger partial charge in [-0.05, 0) is 24.3 Å². The first-order valence-corrected chi connectivity index (χ1v) is 7.20. The lowest BCUT2D eigenvalue weighted by Gasteiger charge is -2.18. The fourth-order valence-corrected chi connectivity index (χ4v) is 2.96. The number of rotatable bonds is 3. The van der Waals surface area contributed by atoms with Crippen LogP contribution in [0.5, 0.6) is 0 Å². The molecule has 1 aromatic carbocycles. The lowest BCUT2D eigenvalue weighted by atomic mass is 10.3. The van der Waals surface area contributed by atoms with Gasteiger partial charge in [0.15, 0.2) is 5.13 Å². The molecular formula is C15H13N3OS. The lowest BCUT2D eigenvalue weighted by Crippen LogP contribution is -2.24. The van der Waals surface area contributed by atoms with Gasteiger partial charge in [0.05, 0.1) is 22.1 Å². The number of benzene rings is 1. The maximum absolute atomic E-state index is 12.3. The number of para-hydroxylation sites is 1. The molecule has 0 aliphatic rings. The van der Waals surface area contributed by atoms with Crippen molar-refractivity contribution < 1.29 is 4.79 Å². The normalized spacial score (nSPS) is 10.7. The van der Waals surface area contributed by atoms with Crippen molar-refractivity contribution in [1.82, 2.24) is 9.97 Å². The molecule has 0 bridgehead atoms. The van der Waals surface area contributed by atoms with Crippen molar-refractivity contribution in [1.29, 1.82) is 0 Å². The molecule has 3 aromatic rings. The van der Waals surface area contributed by atoms with Crippen LogP contribution < -0.4 is 4.90 Å². The van der Waals surface area contributed by atoms with E-state index in [9.17, 15) is 4.79 Å². The Morgan fingerprint density at radius 1 is 1.25 bits per heavy atom. The van der Waals surface area contributed by atoms with Crippen LogP contribution in [0.25, 0.3) is 10.2 Å². The van der Waals surface area contributed by atoms with Crippen LogP contribution in [0, 0.1) is 0 Å². The largest absolute Gasteiger partial charge is 0.274 e. The minimum Gasteiger partial charge on any atom is -0.274 e. The van der Waals surface area contributed by atoms with E-state index in [0.29, 0.717) is 11.6 Å². The van der Waals surface area contributed by atoms with E-state index in [-0.39, 0.29) is 5.91 Å². The van der Waals surface area contributed by atoms with Gasteiger partial charge < -0.3 is 0 Å². The number of carbonyl (C=O) groups excluding carboxylic acids is 1. The third-order valence-corrected chi connectivity index (χ3v) is 3.95. The average molecular weight is 283 g/mol. The molecule has 0 radical (unpaired) electrons. The minimum absolute atomic E-state index is 0.0112. The van der Waals surface area contributed by atoms with Crippen molar-refractivity contribution in [2.75, 3.05) is 4.90 Å². The van der Waals surface area contributed by atoms with Gasteiger partial charge in [0.2, 0.25) is 5.91 Å². The zero-order valence-electron chi connectivity index (χ0n) is 11.0. The number of carbonyl (C=O) groups is 1. The molecule has 0 unspecified atom stereocenters. The van der Waals surface area contributed by atoms with Crippen LogP contribution in [0.1, 0.15) is 13.3 Å². The van der Waals surface area contributed by atoms with E-state index in [4.69, 9.17) is 0 Å². The van der Waals surface area contributed by atoms with Gasteiger partial charge in [0, 0.05) is 12.6 Å². The summed E-state index contributed by atoms with van der Waals surface area (Å²) in [6, 6.07) is 11.6. The topological polar surface area (TPSA) is 46.1 Å². The van der Waals surface area contributed by atoms with Crippen LogP contribution in [0.4, 0.5) is 10.8 Å². The average Bonchev–Trinajstić information content (AvgIpc) is 2.91. The Balaban J connectivity index is 2.12. The van der Waals surface area contributed by atoms with E-state index in [1.165, 1.54) is 11.3 Å². The van der Waals surface area contributed by atoms with Gasteiger partial charge >= 0.3 is 0 Å². The second-order valence-corrected chi connectivity index (χ2v) is 5.27. The highest BCUT2D eigenvalue weighted by Gasteiger charge is 2.20. The summed E-state index contributed by atoms with van der Waals surface area (Å²) in [5.74, 6) is 0.0112. The quantitative estimate of drug-likeness (QED) is 0.735. The second kappa shape index (κ2) is 5.38. The van der Waals surface area contributed by atoms with Gasteiger partial charge in [-0.2, -0.15) is 0 Å². The molecule has 1 amide bonds. The van der Waals surface area contributed by atoms with Crippen LogP contribution in [0.2, 0.25) is 0 Å². The molecule has 3 rings (SSSR count). The van der Waals surface area contributed by atoms with Gasteiger partial charge in [-0.3, -0.25) is 14.7 Å². The number of nitrogens with zero attached hydrogens (tertiary/aromatic N) is 3. The van der Waals surface area contributed by atoms with Crippen LogP contribution in [0.3, 0.4) is 0 Å². The van der Waals surface area contributed by atoms with Crippen molar-refractivity contribution in [2.45, 2.75) is 13.3 Å². The highest BCUT2D eigenvalue weighted by atomic mass is 32.1. The van der Waals surface area contributed by atoms with Gasteiger partial charge in [-0.1, -0.05) is 30.4 Å². The maximum Gasteiger partial charge on any atom is 0.233 e. The first-order valence-electron chi connectivity index (χ1n) is 6.38. The molecule has 0 aliphatic carbocycles. The molecule has 2 aromatic heterocycles. The van der Waals surface area contributed by atoms with E-state index in [1.807, 2.05) is 43.3 Å². The summed E-state index contributed by atoms with van der Waals surface area (Å²) in [4.78, 5) is 22.5. The number of thiazole rings is 1. The third-order valence-electron chi connectivity index (χ3n) is 2.93. The van der Waals surface area contributed by atoms with E-state index in [1.54, 1.807) is 17.3 Å². The molecule has 100 valence electrons. The Kier molecular flexibility index (Phi) is 3.43. The first-order chi connectivity index (χ1) is 9.79. The molecule has 0 saturated carbocycles. The summed E-state index contributed by atoms with van der Waals surface area (Å²) in [5, 5.41) is 0.686. The number of hydrogen-bond acceptors (Lipinski definition) is 4. The maximum atomic E-state index is 12.3. The monoisotopic (exact) mass is 283 g/mol. The number of fused-ring (bicyclic) bond motifs is 1. The summed E-state index contributed by atoms with van der Waals surface area (Å²) in [7, 11) is 0. The highest BCUT2D eigenvalue weighted by Crippen LogP contribution is 2.33. The van der Waals surface area contributed by atoms with Crippen molar-refractivity contribution in [3.8, 4) is 0 Å². The Hall–Kier alpha value is -2.27. The molecule has 2 heterocycles. The summed E-state index contributed by atoms with van der Waals surface area (Å²) in [5.41, 5.74) is 1.66. The standard InChI is InChI=1S/C15H13N3OS/c1-2-14(19)18(11-6-5-9-16-10-11)15-17-12-7-3-4-8-13(12)20-15/h3-10H,2H2,1H3. The molecule has 0 N–H and O–H groups in total. The molecule has 5 heteroatoms. The summed E-state index contributed by atoms with van der Waals surface area (Å²) >= 11 is 1.51. The van der Waals surface area contributed by atoms with Gasteiger partial charge in [0.1, 0.15) is 0 Å². The van der Waals surface area contributed by atoms with Crippen LogP contribution >= 0.6 is 11.3 Å². The molecule has 0 fully saturated rings. The lowest BCUT2D eigenvalue weighted by molar-refractivity contribution is -0.117. The van der Waals surface area contributed by atoms with Gasteiger partial charge in [0.25, 0.3) is 0 Å². The van der Waals surface area contributed by atoms with Crippen molar-refractivity contribution >= 4 is 38.3 Å². The Morgan fingerprint density at radius 2 is 2.10 bits per heavy atom. The van der Waals surface area contributed by atoms with Crippen molar-refractivity contribution in [2.24, 2.45) is 0 Å². The van der Waals surface area contributed by atoms with Crippen LogP contribution in [-0.2, 0) is 4.79 Å². The van der Waals surface area contributed by atoms with E-state index >= 15 is 0 Å². The summed E-state index contributed by atoms with van der Waals surface area (Å²) in [6.07, 6.45) is 3.79. The number of aromatic nitrogens is 2. The summed E-state index contributed by atoms with van der Waals surface area (Å²) in [6.45, 7) is 1.85. The zero-order valence-corrected chi connectivity index (χ0v) is 11.8. The van der Waals surface area contributed by atoms with Gasteiger partial charge in [-0.25, -0.2) is 4.98 Å². The zero-order chi connectivity index (χ0) is 13.9. The first kappa shape index (κ1) is 12.7. The third kappa shape index (κ3) is 2.28. The molecular weight excluding hydrogens is 270 g/mol. The van der Waals surface area contributed by atoms with Crippen LogP contribution in [-0.4, -0.2) is 15.9 Å². The second-order valence-electron chi connectivity index (χ2n) is 4.26. The van der Waals surface area contributed by atoms with Crippen LogP contribution in [0.15, 0.2) is 48.8 Å². The molecule has 4 nitrogen and oxygen atoms in total. The smallest absolute Gasteiger partial charge is 0.233 e. The Morgan fingerprint density at radius 3 is 2.80 bits per heavy atom. The summed E-state index contributed by atoms with van der Waals surface area (Å²) < 4.78 is 1.07. The Labute approximate surface area is 120 Å². The number of anilines is 2. The van der Waals surface area contributed by atoms with Crippen molar-refractivity contribution in [3.05, 3.63) is 48.8 Å². The molecule has 20 heavy (non-hydrogen) atoms. The van der Waals surface area contributed by atoms with E-state index < -0.39 is 0 Å². The fourth-order valence-electron chi connectivity index (χ4n) is 1.96. The fraction of sp³-hybridized carbons (Fsp3) is 0.133. The number of amides is 1. The van der Waals surface area contributed by atoms with Crippen molar-refractivity contribution in [3.63, 3.8) is 0 Å². The molecule has 0 saturated heterocycles. The predicted molar refractivity (Wildman–Crippen MR) is 81.3 cm³/mol. The Bertz CT molecular complexity index is 706. The SMILES string of the molecule is CCC(=O)N(c1cccnc1)c1nc2ccccc2s1. The number of hydrogen-bond donors (Lipinski definition) is 0. The van der Waals surface area contributed by atoms with E-state index in [2.05, 4.69) is 9.97 Å². The highest BCUT2D eigenvalue weighted by molar-refractivity contribution is 7.22. The molecule has 0 aliphatic heterocycles. The van der Waals surface area contributed by atoms with Gasteiger partial charge in [-0.15, -0.1) is 0 Å². The predicted octanol–water partition coefficient (Wildman–Crippen LogP) is 3.77. The molecule has 0 spiro atoms. The molecule has 0 atom stereocenters. The number of pyridine rings is 1. The van der Waals surface area contributed by atoms with E-state index in [0.717, 1.165) is 15.9 Å².